The second-order valence-corrected chi connectivity index (χ2v) is 8.14. The van der Waals surface area contributed by atoms with Crippen LogP contribution in [0, 0.1) is 29.6 Å². The largest absolute Gasteiger partial charge is 0.508 e. The summed E-state index contributed by atoms with van der Waals surface area (Å²) in [5.41, 5.74) is 1.37. The summed E-state index contributed by atoms with van der Waals surface area (Å²) in [7, 11) is 1.68. The molecule has 1 aromatic carbocycles. The van der Waals surface area contributed by atoms with Crippen molar-refractivity contribution in [3.63, 3.8) is 0 Å². The maximum atomic E-state index is 11.0. The van der Waals surface area contributed by atoms with Gasteiger partial charge >= 0.3 is 0 Å². The minimum Gasteiger partial charge on any atom is -0.508 e. The Hall–Kier alpha value is -1.66. The zero-order chi connectivity index (χ0) is 17.1. The van der Waals surface area contributed by atoms with E-state index in [4.69, 9.17) is 11.2 Å². The summed E-state index contributed by atoms with van der Waals surface area (Å²) in [6, 6.07) is 3.63. The highest BCUT2D eigenvalue weighted by molar-refractivity contribution is 5.50. The Morgan fingerprint density at radius 3 is 2.75 bits per heavy atom. The molecule has 5 atom stereocenters. The predicted octanol–water partition coefficient (Wildman–Crippen LogP) is 3.62. The number of aryl methyl sites for hydroxylation is 1. The molecular formula is C21H26O3. The molecule has 3 aliphatic rings. The average Bonchev–Trinajstić information content (AvgIpc) is 2.85. The number of phenolic OH excluding ortho intramolecular Hbond substituents is 1. The van der Waals surface area contributed by atoms with E-state index in [-0.39, 0.29) is 11.2 Å². The lowest BCUT2D eigenvalue weighted by atomic mass is 9.53. The highest BCUT2D eigenvalue weighted by Gasteiger charge is 2.61. The standard InChI is InChI=1S/C21H26O3/c1-4-21(23)10-8-17-15-6-5-13-11-14(22)12-18(24-3)19(13)16(15)7-9-20(17,21)2/h1,11-12,15-17,22-23H,5-10H2,2-3H3/t15-,16+,17+,20+,21+/m1/s1. The zero-order valence-electron chi connectivity index (χ0n) is 14.5. The van der Waals surface area contributed by atoms with Crippen molar-refractivity contribution in [2.45, 2.75) is 57.0 Å². The van der Waals surface area contributed by atoms with Crippen molar-refractivity contribution in [1.82, 2.24) is 0 Å². The molecule has 0 aromatic heterocycles. The van der Waals surface area contributed by atoms with E-state index in [0.717, 1.165) is 37.9 Å². The van der Waals surface area contributed by atoms with Gasteiger partial charge in [-0.25, -0.2) is 0 Å². The first kappa shape index (κ1) is 15.8. The minimum atomic E-state index is -0.956. The van der Waals surface area contributed by atoms with Crippen LogP contribution >= 0.6 is 0 Å². The Kier molecular flexibility index (Phi) is 3.41. The number of aliphatic hydroxyl groups is 1. The van der Waals surface area contributed by atoms with Crippen LogP contribution in [0.3, 0.4) is 0 Å². The van der Waals surface area contributed by atoms with Crippen molar-refractivity contribution < 1.29 is 14.9 Å². The first-order valence-corrected chi connectivity index (χ1v) is 9.03. The second kappa shape index (κ2) is 5.17. The Morgan fingerprint density at radius 2 is 2.04 bits per heavy atom. The van der Waals surface area contributed by atoms with Crippen LogP contribution < -0.4 is 4.74 Å². The van der Waals surface area contributed by atoms with Crippen molar-refractivity contribution >= 4 is 0 Å². The number of fused-ring (bicyclic) bond motifs is 5. The van der Waals surface area contributed by atoms with Crippen LogP contribution in [0.25, 0.3) is 0 Å². The molecule has 128 valence electrons. The topological polar surface area (TPSA) is 49.7 Å². The lowest BCUT2D eigenvalue weighted by Crippen LogP contribution is -2.50. The molecule has 2 fully saturated rings. The smallest absolute Gasteiger partial charge is 0.130 e. The number of phenols is 1. The van der Waals surface area contributed by atoms with Gasteiger partial charge in [0.05, 0.1) is 7.11 Å². The number of methoxy groups -OCH3 is 1. The van der Waals surface area contributed by atoms with Gasteiger partial charge in [0.2, 0.25) is 0 Å². The quantitative estimate of drug-likeness (QED) is 0.775. The summed E-state index contributed by atoms with van der Waals surface area (Å²) in [4.78, 5) is 0. The number of ether oxygens (including phenoxy) is 1. The Balaban J connectivity index is 1.76. The molecular weight excluding hydrogens is 300 g/mol. The normalized spacial score (nSPS) is 40.2. The van der Waals surface area contributed by atoms with Crippen LogP contribution in [0.2, 0.25) is 0 Å². The number of hydrogen-bond acceptors (Lipinski definition) is 3. The molecule has 4 rings (SSSR count). The van der Waals surface area contributed by atoms with Gasteiger partial charge in [0, 0.05) is 17.0 Å². The zero-order valence-corrected chi connectivity index (χ0v) is 14.5. The van der Waals surface area contributed by atoms with Crippen molar-refractivity contribution in [3.8, 4) is 23.8 Å². The second-order valence-electron chi connectivity index (χ2n) is 8.14. The SMILES string of the molecule is C#C[C@]1(O)CC[C@H]2[C@@H]3CCc4cc(O)cc(OC)c4[C@H]3CC[C@@]21C. The van der Waals surface area contributed by atoms with Gasteiger partial charge in [0.15, 0.2) is 0 Å². The van der Waals surface area contributed by atoms with E-state index >= 15 is 0 Å². The lowest BCUT2D eigenvalue weighted by molar-refractivity contribution is -0.0648. The maximum Gasteiger partial charge on any atom is 0.130 e. The molecule has 0 amide bonds. The van der Waals surface area contributed by atoms with Crippen molar-refractivity contribution in [2.24, 2.45) is 17.3 Å². The molecule has 24 heavy (non-hydrogen) atoms. The fourth-order valence-electron chi connectivity index (χ4n) is 6.09. The fourth-order valence-corrected chi connectivity index (χ4v) is 6.09. The Bertz CT molecular complexity index is 701. The van der Waals surface area contributed by atoms with Gasteiger partial charge in [-0.1, -0.05) is 12.8 Å². The summed E-state index contributed by atoms with van der Waals surface area (Å²) >= 11 is 0. The van der Waals surface area contributed by atoms with Crippen LogP contribution in [0.4, 0.5) is 0 Å². The molecule has 0 radical (unpaired) electrons. The molecule has 1 aromatic rings. The Morgan fingerprint density at radius 1 is 1.25 bits per heavy atom. The van der Waals surface area contributed by atoms with Crippen molar-refractivity contribution in [2.75, 3.05) is 7.11 Å². The molecule has 0 unspecified atom stereocenters. The summed E-state index contributed by atoms with van der Waals surface area (Å²) in [5, 5.41) is 20.9. The molecule has 3 heteroatoms. The van der Waals surface area contributed by atoms with E-state index in [1.54, 1.807) is 13.2 Å². The van der Waals surface area contributed by atoms with E-state index in [1.807, 2.05) is 6.07 Å². The third kappa shape index (κ3) is 1.90. The molecule has 0 aliphatic heterocycles. The third-order valence-corrected chi connectivity index (χ3v) is 7.38. The first-order chi connectivity index (χ1) is 11.4. The molecule has 0 saturated heterocycles. The van der Waals surface area contributed by atoms with Gasteiger partial charge in [0.1, 0.15) is 17.1 Å². The van der Waals surface area contributed by atoms with Crippen LogP contribution in [-0.4, -0.2) is 22.9 Å². The summed E-state index contributed by atoms with van der Waals surface area (Å²) < 4.78 is 5.60. The number of hydrogen-bond donors (Lipinski definition) is 2. The van der Waals surface area contributed by atoms with Gasteiger partial charge in [-0.05, 0) is 67.9 Å². The minimum absolute atomic E-state index is 0.176. The van der Waals surface area contributed by atoms with Gasteiger partial charge < -0.3 is 14.9 Å². The molecule has 2 N–H and O–H groups in total. The van der Waals surface area contributed by atoms with Crippen LogP contribution in [0.15, 0.2) is 12.1 Å². The van der Waals surface area contributed by atoms with Gasteiger partial charge in [-0.2, -0.15) is 0 Å². The van der Waals surface area contributed by atoms with Crippen molar-refractivity contribution in [1.29, 1.82) is 0 Å². The molecule has 3 aliphatic carbocycles. The predicted molar refractivity (Wildman–Crippen MR) is 93.1 cm³/mol. The van der Waals surface area contributed by atoms with Gasteiger partial charge in [-0.3, -0.25) is 0 Å². The number of rotatable bonds is 1. The van der Waals surface area contributed by atoms with E-state index in [0.29, 0.717) is 24.2 Å². The maximum absolute atomic E-state index is 11.0. The third-order valence-electron chi connectivity index (χ3n) is 7.38. The lowest BCUT2D eigenvalue weighted by Gasteiger charge is -2.52. The molecule has 2 saturated carbocycles. The number of terminal acetylenes is 1. The highest BCUT2D eigenvalue weighted by atomic mass is 16.5. The van der Waals surface area contributed by atoms with Crippen LogP contribution in [0.5, 0.6) is 11.5 Å². The summed E-state index contributed by atoms with van der Waals surface area (Å²) in [6.07, 6.45) is 11.5. The first-order valence-electron chi connectivity index (χ1n) is 9.03. The van der Waals surface area contributed by atoms with E-state index in [9.17, 15) is 10.2 Å². The Labute approximate surface area is 144 Å². The molecule has 0 bridgehead atoms. The van der Waals surface area contributed by atoms with E-state index in [2.05, 4.69) is 12.8 Å². The highest BCUT2D eigenvalue weighted by Crippen LogP contribution is 2.64. The average molecular weight is 326 g/mol. The summed E-state index contributed by atoms with van der Waals surface area (Å²) in [6.45, 7) is 2.20. The van der Waals surface area contributed by atoms with E-state index < -0.39 is 5.60 Å². The van der Waals surface area contributed by atoms with Crippen LogP contribution in [0.1, 0.15) is 56.1 Å². The molecule has 0 heterocycles. The van der Waals surface area contributed by atoms with Gasteiger partial charge in [0.25, 0.3) is 0 Å². The number of benzene rings is 1. The van der Waals surface area contributed by atoms with E-state index in [1.165, 1.54) is 11.1 Å². The molecule has 3 nitrogen and oxygen atoms in total. The fraction of sp³-hybridized carbons (Fsp3) is 0.619. The summed E-state index contributed by atoms with van der Waals surface area (Å²) in [5.74, 6) is 5.27. The number of aromatic hydroxyl groups is 1. The van der Waals surface area contributed by atoms with Crippen LogP contribution in [-0.2, 0) is 6.42 Å². The monoisotopic (exact) mass is 326 g/mol. The van der Waals surface area contributed by atoms with Gasteiger partial charge in [-0.15, -0.1) is 6.42 Å². The van der Waals surface area contributed by atoms with Crippen molar-refractivity contribution in [3.05, 3.63) is 23.3 Å². The molecule has 0 spiro atoms.